The van der Waals surface area contributed by atoms with Crippen molar-refractivity contribution in [3.8, 4) is 5.75 Å². The van der Waals surface area contributed by atoms with E-state index in [9.17, 15) is 23.4 Å². The molecule has 0 aliphatic heterocycles. The number of guanidine groups is 1. The SMILES string of the molecule is COc1cc(C)c(S(=O)(=O)NC(N)=NCCC[C@@H](C(O)c2nc3ccccc3s2)N(C(=O)O)C(C)(C)C)c(C)c1C. The highest BCUT2D eigenvalue weighted by atomic mass is 32.2. The van der Waals surface area contributed by atoms with Gasteiger partial charge in [-0.25, -0.2) is 22.9 Å². The second-order valence-electron chi connectivity index (χ2n) is 10.8. The molecule has 1 unspecified atom stereocenters. The molecule has 11 nitrogen and oxygen atoms in total. The Bertz CT molecular complexity index is 1510. The maximum atomic E-state index is 13.1. The number of aliphatic imine (C=N–C) groups is 1. The third-order valence-electron chi connectivity index (χ3n) is 6.83. The summed E-state index contributed by atoms with van der Waals surface area (Å²) in [6.07, 6.45) is -1.78. The van der Waals surface area contributed by atoms with E-state index in [1.165, 1.54) is 23.3 Å². The largest absolute Gasteiger partial charge is 0.496 e. The highest BCUT2D eigenvalue weighted by Gasteiger charge is 2.38. The Morgan fingerprint density at radius 3 is 2.46 bits per heavy atom. The van der Waals surface area contributed by atoms with Gasteiger partial charge in [0.05, 0.1) is 28.3 Å². The van der Waals surface area contributed by atoms with Crippen LogP contribution >= 0.6 is 11.3 Å². The zero-order chi connectivity index (χ0) is 30.7. The first-order valence-corrected chi connectivity index (χ1v) is 15.4. The summed E-state index contributed by atoms with van der Waals surface area (Å²) in [7, 11) is -2.50. The number of rotatable bonds is 10. The van der Waals surface area contributed by atoms with Gasteiger partial charge >= 0.3 is 6.09 Å². The summed E-state index contributed by atoms with van der Waals surface area (Å²) in [5.41, 5.74) is 7.63. The molecule has 3 aromatic rings. The van der Waals surface area contributed by atoms with Crippen molar-refractivity contribution in [1.29, 1.82) is 0 Å². The van der Waals surface area contributed by atoms with Gasteiger partial charge in [-0.1, -0.05) is 12.1 Å². The van der Waals surface area contributed by atoms with Crippen LogP contribution in [0.25, 0.3) is 10.2 Å². The summed E-state index contributed by atoms with van der Waals surface area (Å²) in [4.78, 5) is 22.4. The monoisotopic (exact) mass is 605 g/mol. The molecule has 1 heterocycles. The molecule has 0 bridgehead atoms. The first kappa shape index (κ1) is 32.1. The number of sulfonamides is 1. The van der Waals surface area contributed by atoms with Gasteiger partial charge in [0.2, 0.25) is 5.96 Å². The van der Waals surface area contributed by atoms with Gasteiger partial charge in [0.25, 0.3) is 10.0 Å². The molecule has 0 aliphatic carbocycles. The molecule has 0 fully saturated rings. The van der Waals surface area contributed by atoms with Crippen molar-refractivity contribution in [2.45, 2.75) is 77.0 Å². The van der Waals surface area contributed by atoms with Crippen molar-refractivity contribution < 1.29 is 28.2 Å². The lowest BCUT2D eigenvalue weighted by Crippen LogP contribution is -2.53. The van der Waals surface area contributed by atoms with Crippen LogP contribution in [-0.2, 0) is 10.0 Å². The lowest BCUT2D eigenvalue weighted by Gasteiger charge is -2.41. The lowest BCUT2D eigenvalue weighted by molar-refractivity contribution is 0.00227. The van der Waals surface area contributed by atoms with Gasteiger partial charge in [0.1, 0.15) is 16.9 Å². The van der Waals surface area contributed by atoms with Crippen LogP contribution < -0.4 is 15.2 Å². The van der Waals surface area contributed by atoms with Crippen LogP contribution in [0.1, 0.15) is 61.4 Å². The van der Waals surface area contributed by atoms with Crippen molar-refractivity contribution in [2.24, 2.45) is 10.7 Å². The third-order valence-corrected chi connectivity index (χ3v) is 9.59. The minimum absolute atomic E-state index is 0.106. The number of benzene rings is 2. The number of ether oxygens (including phenoxy) is 1. The molecule has 41 heavy (non-hydrogen) atoms. The van der Waals surface area contributed by atoms with Crippen LogP contribution in [0.3, 0.4) is 0 Å². The summed E-state index contributed by atoms with van der Waals surface area (Å²) >= 11 is 1.31. The fourth-order valence-corrected chi connectivity index (χ4v) is 7.40. The number of methoxy groups -OCH3 is 1. The molecule has 224 valence electrons. The van der Waals surface area contributed by atoms with Crippen molar-refractivity contribution in [1.82, 2.24) is 14.6 Å². The van der Waals surface area contributed by atoms with Crippen molar-refractivity contribution >= 4 is 43.6 Å². The predicted molar refractivity (Wildman–Crippen MR) is 161 cm³/mol. The van der Waals surface area contributed by atoms with Gasteiger partial charge in [-0.2, -0.15) is 0 Å². The Morgan fingerprint density at radius 2 is 1.88 bits per heavy atom. The second-order valence-corrected chi connectivity index (χ2v) is 13.5. The number of aryl methyl sites for hydroxylation is 1. The molecule has 0 radical (unpaired) electrons. The number of nitrogens with zero attached hydrogens (tertiary/aromatic N) is 3. The zero-order valence-electron chi connectivity index (χ0n) is 24.4. The fraction of sp³-hybridized carbons (Fsp3) is 0.464. The third kappa shape index (κ3) is 7.27. The van der Waals surface area contributed by atoms with Crippen LogP contribution in [0.4, 0.5) is 4.79 Å². The number of carbonyl (C=O) groups is 1. The number of hydrogen-bond acceptors (Lipinski definition) is 8. The molecule has 2 aromatic carbocycles. The molecule has 0 saturated heterocycles. The number of thiazole rings is 1. The summed E-state index contributed by atoms with van der Waals surface area (Å²) in [5, 5.41) is 21.8. The van der Waals surface area contributed by atoms with Gasteiger partial charge in [-0.15, -0.1) is 11.3 Å². The van der Waals surface area contributed by atoms with E-state index in [0.29, 0.717) is 33.9 Å². The molecule has 0 aliphatic rings. The van der Waals surface area contributed by atoms with Gasteiger partial charge in [-0.3, -0.25) is 9.89 Å². The fourth-order valence-electron chi connectivity index (χ4n) is 4.90. The lowest BCUT2D eigenvalue weighted by atomic mass is 9.97. The first-order valence-electron chi connectivity index (χ1n) is 13.1. The van der Waals surface area contributed by atoms with Crippen LogP contribution in [0.15, 0.2) is 40.2 Å². The number of nitrogens with two attached hydrogens (primary N) is 1. The minimum Gasteiger partial charge on any atom is -0.496 e. The Hall–Kier alpha value is -3.42. The molecular weight excluding hydrogens is 566 g/mol. The van der Waals surface area contributed by atoms with Crippen molar-refractivity contribution in [3.05, 3.63) is 52.0 Å². The van der Waals surface area contributed by atoms with E-state index < -0.39 is 33.8 Å². The van der Waals surface area contributed by atoms with Crippen LogP contribution in [0.2, 0.25) is 0 Å². The van der Waals surface area contributed by atoms with Crippen LogP contribution in [0.5, 0.6) is 5.75 Å². The quantitative estimate of drug-likeness (QED) is 0.149. The van der Waals surface area contributed by atoms with Gasteiger partial charge in [-0.05, 0) is 89.3 Å². The molecule has 5 N–H and O–H groups in total. The topological polar surface area (TPSA) is 167 Å². The number of carboxylic acid groups (broad SMARTS) is 1. The Labute approximate surface area is 245 Å². The summed E-state index contributed by atoms with van der Waals surface area (Å²) < 4.78 is 34.8. The van der Waals surface area contributed by atoms with E-state index in [1.54, 1.807) is 47.6 Å². The summed E-state index contributed by atoms with van der Waals surface area (Å²) in [5.74, 6) is 0.306. The Kier molecular flexibility index (Phi) is 9.88. The standard InChI is InChI=1S/C28H39N5O6S2/c1-16-15-21(39-7)17(2)18(3)24(16)41(37,38)32-26(29)30-14-10-12-20(33(27(35)36)28(4,5)6)23(34)25-31-19-11-8-9-13-22(19)40-25/h8-9,11,13,15,20,23,34H,10,12,14H2,1-7H3,(H,35,36)(H3,29,30,32)/t20-,23?/m0/s1. The number of amides is 1. The molecule has 1 amide bonds. The molecule has 0 spiro atoms. The minimum atomic E-state index is -4.02. The van der Waals surface area contributed by atoms with Crippen molar-refractivity contribution in [2.75, 3.05) is 13.7 Å². The second kappa shape index (κ2) is 12.6. The molecule has 0 saturated carbocycles. The highest BCUT2D eigenvalue weighted by molar-refractivity contribution is 7.90. The Morgan fingerprint density at radius 1 is 1.22 bits per heavy atom. The normalized spacial score (nSPS) is 14.1. The van der Waals surface area contributed by atoms with E-state index in [1.807, 2.05) is 24.3 Å². The molecule has 1 aromatic heterocycles. The van der Waals surface area contributed by atoms with Crippen molar-refractivity contribution in [3.63, 3.8) is 0 Å². The molecule has 3 rings (SSSR count). The first-order chi connectivity index (χ1) is 19.1. The van der Waals surface area contributed by atoms with E-state index in [2.05, 4.69) is 14.7 Å². The van der Waals surface area contributed by atoms with Gasteiger partial charge in [0, 0.05) is 12.1 Å². The smallest absolute Gasteiger partial charge is 0.408 e. The van der Waals surface area contributed by atoms with E-state index >= 15 is 0 Å². The number of para-hydroxylation sites is 1. The maximum absolute atomic E-state index is 13.1. The number of hydrogen-bond donors (Lipinski definition) is 4. The summed E-state index contributed by atoms with van der Waals surface area (Å²) in [6, 6.07) is 8.29. The van der Waals surface area contributed by atoms with E-state index in [-0.39, 0.29) is 23.8 Å². The predicted octanol–water partition coefficient (Wildman–Crippen LogP) is 4.48. The van der Waals surface area contributed by atoms with E-state index in [4.69, 9.17) is 10.5 Å². The van der Waals surface area contributed by atoms with E-state index in [0.717, 1.165) is 10.2 Å². The number of aliphatic hydroxyl groups excluding tert-OH is 1. The average Bonchev–Trinajstić information content (AvgIpc) is 3.30. The molecular formula is C28H39N5O6S2. The van der Waals surface area contributed by atoms with Crippen LogP contribution in [-0.4, -0.2) is 65.8 Å². The van der Waals surface area contributed by atoms with Gasteiger partial charge < -0.3 is 20.7 Å². The highest BCUT2D eigenvalue weighted by Crippen LogP contribution is 2.34. The maximum Gasteiger partial charge on any atom is 0.408 e. The molecule has 2 atom stereocenters. The molecule has 13 heteroatoms. The zero-order valence-corrected chi connectivity index (χ0v) is 26.1. The van der Waals surface area contributed by atoms with Gasteiger partial charge in [0.15, 0.2) is 0 Å². The number of fused-ring (bicyclic) bond motifs is 1. The number of aromatic nitrogens is 1. The van der Waals surface area contributed by atoms with Crippen LogP contribution in [0, 0.1) is 20.8 Å². The average molecular weight is 606 g/mol. The number of aliphatic hydroxyl groups is 1. The Balaban J connectivity index is 1.79. The number of nitrogens with one attached hydrogen (secondary N) is 1. The summed E-state index contributed by atoms with van der Waals surface area (Å²) in [6.45, 7) is 10.5.